The van der Waals surface area contributed by atoms with Crippen molar-refractivity contribution in [2.75, 3.05) is 13.7 Å². The zero-order valence-electron chi connectivity index (χ0n) is 9.07. The van der Waals surface area contributed by atoms with Crippen LogP contribution in [0.1, 0.15) is 5.56 Å². The molecule has 0 amide bonds. The minimum absolute atomic E-state index is 0.313. The number of ether oxygens (including phenoxy) is 1. The summed E-state index contributed by atoms with van der Waals surface area (Å²) in [5.74, 6) is 0. The van der Waals surface area contributed by atoms with Crippen molar-refractivity contribution in [3.63, 3.8) is 0 Å². The van der Waals surface area contributed by atoms with Gasteiger partial charge in [-0.05, 0) is 17.9 Å². The zero-order valence-corrected chi connectivity index (χ0v) is 9.89. The minimum Gasteiger partial charge on any atom is -0.383 e. The molecule has 0 atom stereocenters. The van der Waals surface area contributed by atoms with Crippen molar-refractivity contribution >= 4 is 21.6 Å². The molecular weight excluding hydrogens is 228 g/mol. The van der Waals surface area contributed by atoms with E-state index in [9.17, 15) is 9.59 Å². The van der Waals surface area contributed by atoms with Crippen LogP contribution in [0, 0.1) is 6.92 Å². The predicted molar refractivity (Wildman–Crippen MR) is 63.3 cm³/mol. The summed E-state index contributed by atoms with van der Waals surface area (Å²) in [7, 11) is 1.58. The van der Waals surface area contributed by atoms with E-state index in [1.54, 1.807) is 7.11 Å². The van der Waals surface area contributed by atoms with Crippen molar-refractivity contribution in [3.8, 4) is 0 Å². The van der Waals surface area contributed by atoms with Crippen LogP contribution in [0.2, 0.25) is 0 Å². The molecule has 0 aliphatic carbocycles. The Morgan fingerprint density at radius 2 is 2.25 bits per heavy atom. The molecule has 2 rings (SSSR count). The lowest BCUT2D eigenvalue weighted by atomic mass is 10.3. The first-order chi connectivity index (χ1) is 7.65. The molecule has 6 heteroatoms. The molecule has 0 saturated heterocycles. The lowest BCUT2D eigenvalue weighted by molar-refractivity contribution is 0.187. The molecular formula is C10H12N2O3S. The Morgan fingerprint density at radius 1 is 1.50 bits per heavy atom. The summed E-state index contributed by atoms with van der Waals surface area (Å²) in [6, 6.07) is 0. The number of nitrogens with zero attached hydrogens (tertiary/aromatic N) is 1. The smallest absolute Gasteiger partial charge is 0.329 e. The highest BCUT2D eigenvalue weighted by Gasteiger charge is 2.10. The second-order valence-corrected chi connectivity index (χ2v) is 4.36. The molecule has 2 heterocycles. The number of hydrogen-bond acceptors (Lipinski definition) is 4. The highest BCUT2D eigenvalue weighted by atomic mass is 32.1. The molecule has 2 aromatic heterocycles. The molecule has 5 nitrogen and oxygen atoms in total. The lowest BCUT2D eigenvalue weighted by Crippen LogP contribution is -2.30. The molecule has 0 unspecified atom stereocenters. The van der Waals surface area contributed by atoms with Crippen LogP contribution in [0.4, 0.5) is 0 Å². The van der Waals surface area contributed by atoms with Crippen molar-refractivity contribution < 1.29 is 4.74 Å². The summed E-state index contributed by atoms with van der Waals surface area (Å²) in [5, 5.41) is 2.48. The lowest BCUT2D eigenvalue weighted by Gasteiger charge is -2.05. The van der Waals surface area contributed by atoms with E-state index in [0.29, 0.717) is 23.4 Å². The van der Waals surface area contributed by atoms with Crippen molar-refractivity contribution in [2.45, 2.75) is 13.5 Å². The predicted octanol–water partition coefficient (Wildman–Crippen LogP) is 0.706. The Kier molecular flexibility index (Phi) is 2.93. The standard InChI is InChI=1S/C10H12N2O3S/c1-6-5-16-9-7(6)8(13)11-10(14)12(9)3-4-15-2/h5H,3-4H2,1-2H3,(H,11,13,14). The molecule has 0 aliphatic rings. The minimum atomic E-state index is -0.378. The van der Waals surface area contributed by atoms with Crippen molar-refractivity contribution in [1.29, 1.82) is 0 Å². The van der Waals surface area contributed by atoms with Crippen LogP contribution in [-0.2, 0) is 11.3 Å². The molecule has 0 saturated carbocycles. The molecule has 0 aliphatic heterocycles. The molecule has 0 radical (unpaired) electrons. The van der Waals surface area contributed by atoms with Gasteiger partial charge in [0.25, 0.3) is 5.56 Å². The second-order valence-electron chi connectivity index (χ2n) is 3.50. The number of rotatable bonds is 3. The fraction of sp³-hybridized carbons (Fsp3) is 0.400. The van der Waals surface area contributed by atoms with Gasteiger partial charge in [-0.25, -0.2) is 4.79 Å². The highest BCUT2D eigenvalue weighted by Crippen LogP contribution is 2.20. The third-order valence-corrected chi connectivity index (χ3v) is 3.53. The Hall–Kier alpha value is -1.40. The van der Waals surface area contributed by atoms with Crippen LogP contribution >= 0.6 is 11.3 Å². The Bertz CT molecular complexity index is 623. The van der Waals surface area contributed by atoms with E-state index >= 15 is 0 Å². The van der Waals surface area contributed by atoms with Gasteiger partial charge < -0.3 is 4.74 Å². The summed E-state index contributed by atoms with van der Waals surface area (Å²) >= 11 is 1.41. The number of nitrogens with one attached hydrogen (secondary N) is 1. The maximum absolute atomic E-state index is 11.6. The zero-order chi connectivity index (χ0) is 11.7. The number of H-pyrrole nitrogens is 1. The van der Waals surface area contributed by atoms with Crippen LogP contribution in [0.25, 0.3) is 10.2 Å². The van der Waals surface area contributed by atoms with Crippen molar-refractivity contribution in [3.05, 3.63) is 31.8 Å². The normalized spacial score (nSPS) is 11.1. The molecule has 0 aromatic carbocycles. The SMILES string of the molecule is COCCn1c(=O)[nH]c(=O)c2c(C)csc21. The fourth-order valence-electron chi connectivity index (χ4n) is 1.61. The third-order valence-electron chi connectivity index (χ3n) is 2.41. The molecule has 0 spiro atoms. The van der Waals surface area contributed by atoms with Crippen LogP contribution in [0.5, 0.6) is 0 Å². The molecule has 1 N–H and O–H groups in total. The summed E-state index contributed by atoms with van der Waals surface area (Å²) in [6.07, 6.45) is 0. The maximum Gasteiger partial charge on any atom is 0.329 e. The number of hydrogen-bond donors (Lipinski definition) is 1. The number of aromatic amines is 1. The van der Waals surface area contributed by atoms with Gasteiger partial charge >= 0.3 is 5.69 Å². The Balaban J connectivity index is 2.72. The molecule has 2 aromatic rings. The average molecular weight is 240 g/mol. The van der Waals surface area contributed by atoms with Gasteiger partial charge in [-0.3, -0.25) is 14.3 Å². The summed E-state index contributed by atoms with van der Waals surface area (Å²) in [5.41, 5.74) is 0.205. The fourth-order valence-corrected chi connectivity index (χ4v) is 2.69. The Labute approximate surface area is 95.3 Å². The average Bonchev–Trinajstić information content (AvgIpc) is 2.61. The second kappa shape index (κ2) is 4.23. The highest BCUT2D eigenvalue weighted by molar-refractivity contribution is 7.17. The van der Waals surface area contributed by atoms with E-state index in [-0.39, 0.29) is 11.2 Å². The first-order valence-electron chi connectivity index (χ1n) is 4.85. The quantitative estimate of drug-likeness (QED) is 0.859. The largest absolute Gasteiger partial charge is 0.383 e. The van der Waals surface area contributed by atoms with Crippen molar-refractivity contribution in [2.24, 2.45) is 0 Å². The van der Waals surface area contributed by atoms with E-state index in [1.807, 2.05) is 12.3 Å². The molecule has 16 heavy (non-hydrogen) atoms. The van der Waals surface area contributed by atoms with Gasteiger partial charge in [0, 0.05) is 7.11 Å². The van der Waals surface area contributed by atoms with Crippen molar-refractivity contribution in [1.82, 2.24) is 9.55 Å². The number of methoxy groups -OCH3 is 1. The summed E-state index contributed by atoms with van der Waals surface area (Å²) in [6.45, 7) is 2.75. The van der Waals surface area contributed by atoms with Crippen LogP contribution in [0.15, 0.2) is 15.0 Å². The summed E-state index contributed by atoms with van der Waals surface area (Å²) in [4.78, 5) is 26.3. The van der Waals surface area contributed by atoms with Gasteiger partial charge in [-0.2, -0.15) is 0 Å². The van der Waals surface area contributed by atoms with Gasteiger partial charge in [-0.1, -0.05) is 0 Å². The van der Waals surface area contributed by atoms with Gasteiger partial charge in [-0.15, -0.1) is 11.3 Å². The van der Waals surface area contributed by atoms with E-state index < -0.39 is 0 Å². The van der Waals surface area contributed by atoms with E-state index in [1.165, 1.54) is 15.9 Å². The van der Waals surface area contributed by atoms with Crippen LogP contribution in [-0.4, -0.2) is 23.3 Å². The number of aromatic nitrogens is 2. The molecule has 0 fully saturated rings. The van der Waals surface area contributed by atoms with E-state index in [2.05, 4.69) is 4.98 Å². The van der Waals surface area contributed by atoms with Gasteiger partial charge in [0.2, 0.25) is 0 Å². The number of thiophene rings is 1. The van der Waals surface area contributed by atoms with E-state index in [4.69, 9.17) is 4.74 Å². The number of fused-ring (bicyclic) bond motifs is 1. The first-order valence-corrected chi connectivity index (χ1v) is 5.73. The molecule has 0 bridgehead atoms. The van der Waals surface area contributed by atoms with E-state index in [0.717, 1.165) is 5.56 Å². The monoisotopic (exact) mass is 240 g/mol. The topological polar surface area (TPSA) is 64.1 Å². The Morgan fingerprint density at radius 3 is 2.94 bits per heavy atom. The summed E-state index contributed by atoms with van der Waals surface area (Å²) < 4.78 is 6.48. The van der Waals surface area contributed by atoms with Crippen LogP contribution in [0.3, 0.4) is 0 Å². The van der Waals surface area contributed by atoms with Gasteiger partial charge in [0.15, 0.2) is 0 Å². The third kappa shape index (κ3) is 1.70. The maximum atomic E-state index is 11.6. The first kappa shape index (κ1) is 11.1. The van der Waals surface area contributed by atoms with Gasteiger partial charge in [0.1, 0.15) is 4.83 Å². The number of aryl methyl sites for hydroxylation is 1. The van der Waals surface area contributed by atoms with Crippen LogP contribution < -0.4 is 11.2 Å². The molecule has 86 valence electrons. The van der Waals surface area contributed by atoms with Gasteiger partial charge in [0.05, 0.1) is 18.5 Å².